The van der Waals surface area contributed by atoms with Crippen LogP contribution in [-0.4, -0.2) is 35.3 Å². The number of carbonyl (C=O) groups is 1. The molecule has 5 aromatic rings. The second kappa shape index (κ2) is 9.30. The van der Waals surface area contributed by atoms with E-state index >= 15 is 0 Å². The number of nitrogen functional groups attached to an aromatic ring is 1. The molecule has 0 saturated heterocycles. The molecule has 5 N–H and O–H groups in total. The van der Waals surface area contributed by atoms with Gasteiger partial charge < -0.3 is 16.5 Å². The molecule has 0 spiro atoms. The van der Waals surface area contributed by atoms with Gasteiger partial charge in [0.25, 0.3) is 11.5 Å². The van der Waals surface area contributed by atoms with Crippen LogP contribution in [0.1, 0.15) is 34.1 Å². The number of primary amides is 1. The molecular formula is C24H22N8O2. The molecule has 170 valence electrons. The van der Waals surface area contributed by atoms with Crippen molar-refractivity contribution in [3.05, 3.63) is 87.9 Å². The van der Waals surface area contributed by atoms with Crippen molar-refractivity contribution in [1.29, 1.82) is 0 Å². The van der Waals surface area contributed by atoms with Gasteiger partial charge in [-0.2, -0.15) is 5.10 Å². The Morgan fingerprint density at radius 2 is 2.06 bits per heavy atom. The maximum Gasteiger partial charge on any atom is 0.257 e. The van der Waals surface area contributed by atoms with Crippen molar-refractivity contribution >= 4 is 28.1 Å². The van der Waals surface area contributed by atoms with Gasteiger partial charge in [-0.05, 0) is 30.0 Å². The Hall–Kier alpha value is -4.91. The fraction of sp³-hybridized carbons (Fsp3) is 0.125. The van der Waals surface area contributed by atoms with Gasteiger partial charge in [-0.3, -0.25) is 14.3 Å². The monoisotopic (exact) mass is 454 g/mol. The predicted molar refractivity (Wildman–Crippen MR) is 129 cm³/mol. The minimum atomic E-state index is -0.619. The average Bonchev–Trinajstić information content (AvgIpc) is 3.39. The second-order valence-corrected chi connectivity index (χ2v) is 7.41. The first-order valence-electron chi connectivity index (χ1n) is 10.4. The first-order chi connectivity index (χ1) is 16.4. The highest BCUT2D eigenvalue weighted by atomic mass is 16.1. The zero-order valence-electron chi connectivity index (χ0n) is 18.6. The molecule has 5 rings (SSSR count). The number of H-pyrrole nitrogens is 1. The van der Waals surface area contributed by atoms with Gasteiger partial charge in [-0.1, -0.05) is 30.9 Å². The van der Waals surface area contributed by atoms with Crippen LogP contribution >= 0.6 is 0 Å². The van der Waals surface area contributed by atoms with Crippen LogP contribution in [-0.2, 0) is 13.5 Å². The Kier molecular flexibility index (Phi) is 6.09. The molecule has 0 unspecified atom stereocenters. The van der Waals surface area contributed by atoms with Crippen molar-refractivity contribution in [1.82, 2.24) is 29.4 Å². The Morgan fingerprint density at radius 3 is 2.76 bits per heavy atom. The van der Waals surface area contributed by atoms with E-state index in [0.29, 0.717) is 11.0 Å². The number of hydrogen-bond acceptors (Lipinski definition) is 6. The van der Waals surface area contributed by atoms with E-state index in [2.05, 4.69) is 32.0 Å². The summed E-state index contributed by atoms with van der Waals surface area (Å²) in [6.07, 6.45) is 7.54. The quantitative estimate of drug-likeness (QED) is 0.345. The third kappa shape index (κ3) is 4.49. The normalized spacial score (nSPS) is 10.4. The van der Waals surface area contributed by atoms with Crippen molar-refractivity contribution in [3.8, 4) is 11.8 Å². The molecule has 0 aliphatic rings. The lowest BCUT2D eigenvalue weighted by molar-refractivity contribution is 0.100. The van der Waals surface area contributed by atoms with Crippen molar-refractivity contribution < 1.29 is 4.79 Å². The number of nitrogens with one attached hydrogen (secondary N) is 1. The Bertz CT molecular complexity index is 1630. The van der Waals surface area contributed by atoms with Gasteiger partial charge in [0.05, 0.1) is 17.1 Å². The summed E-state index contributed by atoms with van der Waals surface area (Å²) in [6, 6.07) is 9.43. The topological polar surface area (TPSA) is 150 Å². The number of benzene rings is 1. The number of rotatable bonds is 2. The smallest absolute Gasteiger partial charge is 0.257 e. The standard InChI is InChI=1S/C17H15N3O.C7H7N5O/c1-3-15-9-14-6-4-5-13(16(14)17(21)19-15)8-7-12-10-18-20(2)11-12;8-5-4(6(9)13)7-10-2-1-3-12(7)11-5/h4-6,9-11H,3H2,1-2H3,(H,19,21);1-3H,(H2,8,11)(H2,9,13). The molecule has 0 radical (unpaired) electrons. The summed E-state index contributed by atoms with van der Waals surface area (Å²) in [5.74, 6) is 5.60. The van der Waals surface area contributed by atoms with E-state index in [1.54, 1.807) is 29.3 Å². The van der Waals surface area contributed by atoms with Gasteiger partial charge in [-0.15, -0.1) is 5.10 Å². The maximum absolute atomic E-state index is 12.3. The zero-order valence-corrected chi connectivity index (χ0v) is 18.6. The van der Waals surface area contributed by atoms with Crippen LogP contribution in [0.5, 0.6) is 0 Å². The van der Waals surface area contributed by atoms with Crippen LogP contribution < -0.4 is 17.0 Å². The van der Waals surface area contributed by atoms with Crippen molar-refractivity contribution in [2.24, 2.45) is 12.8 Å². The largest absolute Gasteiger partial charge is 0.381 e. The molecule has 10 nitrogen and oxygen atoms in total. The number of pyridine rings is 1. The number of nitrogens with two attached hydrogens (primary N) is 2. The van der Waals surface area contributed by atoms with Crippen molar-refractivity contribution in [3.63, 3.8) is 0 Å². The summed E-state index contributed by atoms with van der Waals surface area (Å²) in [6.45, 7) is 2.02. The SMILES string of the molecule is CCc1cc2cccc(C#Cc3cnn(C)c3)c2c(=O)[nH]1.NC(=O)c1c(N)nn2cccnc12. The van der Waals surface area contributed by atoms with Crippen LogP contribution in [0.3, 0.4) is 0 Å². The van der Waals surface area contributed by atoms with Gasteiger partial charge in [0.2, 0.25) is 0 Å². The van der Waals surface area contributed by atoms with Gasteiger partial charge in [-0.25, -0.2) is 9.50 Å². The summed E-state index contributed by atoms with van der Waals surface area (Å²) >= 11 is 0. The fourth-order valence-corrected chi connectivity index (χ4v) is 3.44. The molecule has 0 bridgehead atoms. The number of nitrogens with zero attached hydrogens (tertiary/aromatic N) is 5. The summed E-state index contributed by atoms with van der Waals surface area (Å²) in [7, 11) is 1.85. The number of anilines is 1. The van der Waals surface area contributed by atoms with E-state index in [1.165, 1.54) is 4.52 Å². The summed E-state index contributed by atoms with van der Waals surface area (Å²) in [5.41, 5.74) is 13.6. The highest BCUT2D eigenvalue weighted by Gasteiger charge is 2.15. The molecule has 10 heteroatoms. The van der Waals surface area contributed by atoms with Gasteiger partial charge in [0.15, 0.2) is 11.5 Å². The number of fused-ring (bicyclic) bond motifs is 2. The Balaban J connectivity index is 0.000000180. The lowest BCUT2D eigenvalue weighted by Gasteiger charge is -2.02. The molecule has 4 aromatic heterocycles. The van der Waals surface area contributed by atoms with Crippen LogP contribution in [0.4, 0.5) is 5.82 Å². The first-order valence-corrected chi connectivity index (χ1v) is 10.4. The molecule has 4 heterocycles. The molecule has 0 fully saturated rings. The minimum Gasteiger partial charge on any atom is -0.381 e. The Morgan fingerprint density at radius 1 is 1.24 bits per heavy atom. The third-order valence-electron chi connectivity index (χ3n) is 5.02. The van der Waals surface area contributed by atoms with E-state index in [1.807, 2.05) is 44.4 Å². The van der Waals surface area contributed by atoms with Crippen LogP contribution in [0.2, 0.25) is 0 Å². The summed E-state index contributed by atoms with van der Waals surface area (Å²) in [5, 5.41) is 9.51. The predicted octanol–water partition coefficient (Wildman–Crippen LogP) is 1.63. The number of amides is 1. The van der Waals surface area contributed by atoms with E-state index in [0.717, 1.165) is 28.6 Å². The van der Waals surface area contributed by atoms with Gasteiger partial charge >= 0.3 is 0 Å². The minimum absolute atomic E-state index is 0.0829. The first kappa shape index (κ1) is 22.3. The van der Waals surface area contributed by atoms with Crippen LogP contribution in [0, 0.1) is 11.8 Å². The number of carbonyl (C=O) groups excluding carboxylic acids is 1. The summed E-state index contributed by atoms with van der Waals surface area (Å²) in [4.78, 5) is 30.0. The van der Waals surface area contributed by atoms with Crippen molar-refractivity contribution in [2.45, 2.75) is 13.3 Å². The molecule has 0 aliphatic carbocycles. The number of aromatic nitrogens is 6. The second-order valence-electron chi connectivity index (χ2n) is 7.41. The molecule has 1 aromatic carbocycles. The molecule has 0 atom stereocenters. The van der Waals surface area contributed by atoms with E-state index in [4.69, 9.17) is 11.5 Å². The highest BCUT2D eigenvalue weighted by Crippen LogP contribution is 2.15. The lowest BCUT2D eigenvalue weighted by Crippen LogP contribution is -2.12. The van der Waals surface area contributed by atoms with Gasteiger partial charge in [0.1, 0.15) is 5.56 Å². The number of hydrogen-bond donors (Lipinski definition) is 3. The fourth-order valence-electron chi connectivity index (χ4n) is 3.44. The van der Waals surface area contributed by atoms with E-state index in [-0.39, 0.29) is 16.9 Å². The number of aryl methyl sites for hydroxylation is 2. The van der Waals surface area contributed by atoms with Crippen LogP contribution in [0.25, 0.3) is 16.4 Å². The molecule has 1 amide bonds. The lowest BCUT2D eigenvalue weighted by atomic mass is 10.1. The van der Waals surface area contributed by atoms with E-state index < -0.39 is 5.91 Å². The van der Waals surface area contributed by atoms with E-state index in [9.17, 15) is 9.59 Å². The molecule has 34 heavy (non-hydrogen) atoms. The third-order valence-corrected chi connectivity index (χ3v) is 5.02. The molecule has 0 saturated carbocycles. The average molecular weight is 454 g/mol. The van der Waals surface area contributed by atoms with Gasteiger partial charge in [0, 0.05) is 36.9 Å². The number of aromatic amines is 1. The highest BCUT2D eigenvalue weighted by molar-refractivity contribution is 6.03. The van der Waals surface area contributed by atoms with Crippen LogP contribution in [0.15, 0.2) is 59.9 Å². The Labute approximate surface area is 194 Å². The molecular weight excluding hydrogens is 432 g/mol. The van der Waals surface area contributed by atoms with Crippen molar-refractivity contribution in [2.75, 3.05) is 5.73 Å². The maximum atomic E-state index is 12.3. The zero-order chi connectivity index (χ0) is 24.2. The molecule has 0 aliphatic heterocycles. The summed E-state index contributed by atoms with van der Waals surface area (Å²) < 4.78 is 3.11.